The smallest absolute Gasteiger partial charge is 0.322 e. The van der Waals surface area contributed by atoms with E-state index in [0.717, 1.165) is 23.3 Å². The SMILES string of the molecule is Cc1ccc(NS(=O)(=O)c2cc(C(=O)Nc3cccc(C(F)(F)F)c3)ccc2C)c(C)c1. The first-order valence-corrected chi connectivity index (χ1v) is 11.0. The molecule has 0 saturated carbocycles. The van der Waals surface area contributed by atoms with Crippen LogP contribution < -0.4 is 10.0 Å². The van der Waals surface area contributed by atoms with Crippen molar-refractivity contribution in [2.45, 2.75) is 31.8 Å². The third-order valence-electron chi connectivity index (χ3n) is 4.81. The van der Waals surface area contributed by atoms with E-state index in [1.54, 1.807) is 26.0 Å². The number of rotatable bonds is 5. The number of alkyl halides is 3. The molecule has 5 nitrogen and oxygen atoms in total. The number of benzene rings is 3. The molecule has 0 radical (unpaired) electrons. The average molecular weight is 462 g/mol. The van der Waals surface area contributed by atoms with Gasteiger partial charge in [0.15, 0.2) is 0 Å². The molecule has 0 aliphatic carbocycles. The highest BCUT2D eigenvalue weighted by atomic mass is 32.2. The molecule has 0 bridgehead atoms. The number of nitrogens with one attached hydrogen (secondary N) is 2. The molecule has 0 aromatic heterocycles. The summed E-state index contributed by atoms with van der Waals surface area (Å²) in [4.78, 5) is 12.5. The Morgan fingerprint density at radius 2 is 1.59 bits per heavy atom. The van der Waals surface area contributed by atoms with Gasteiger partial charge in [-0.15, -0.1) is 0 Å². The molecular weight excluding hydrogens is 441 g/mol. The van der Waals surface area contributed by atoms with Crippen LogP contribution >= 0.6 is 0 Å². The standard InChI is InChI=1S/C23H21F3N2O3S/c1-14-7-10-20(16(3)11-14)28-32(30,31)21-12-17(9-8-15(21)2)22(29)27-19-6-4-5-18(13-19)23(24,25)26/h4-13,28H,1-3H3,(H,27,29). The van der Waals surface area contributed by atoms with Gasteiger partial charge in [-0.1, -0.05) is 29.8 Å². The molecule has 0 unspecified atom stereocenters. The highest BCUT2D eigenvalue weighted by Crippen LogP contribution is 2.31. The van der Waals surface area contributed by atoms with Gasteiger partial charge in [0, 0.05) is 11.3 Å². The van der Waals surface area contributed by atoms with Gasteiger partial charge in [0.1, 0.15) is 0 Å². The van der Waals surface area contributed by atoms with Crippen LogP contribution in [0.4, 0.5) is 24.5 Å². The topological polar surface area (TPSA) is 75.3 Å². The number of aryl methyl sites for hydroxylation is 3. The van der Waals surface area contributed by atoms with Gasteiger partial charge in [0.2, 0.25) is 0 Å². The first kappa shape index (κ1) is 23.3. The van der Waals surface area contributed by atoms with Gasteiger partial charge in [-0.25, -0.2) is 8.42 Å². The van der Waals surface area contributed by atoms with Crippen molar-refractivity contribution >= 4 is 27.3 Å². The molecule has 9 heteroatoms. The van der Waals surface area contributed by atoms with Gasteiger partial charge in [-0.2, -0.15) is 13.2 Å². The predicted molar refractivity (Wildman–Crippen MR) is 117 cm³/mol. The molecule has 2 N–H and O–H groups in total. The van der Waals surface area contributed by atoms with Crippen LogP contribution in [-0.4, -0.2) is 14.3 Å². The zero-order valence-electron chi connectivity index (χ0n) is 17.5. The van der Waals surface area contributed by atoms with Crippen molar-refractivity contribution in [2.24, 2.45) is 0 Å². The van der Waals surface area contributed by atoms with Crippen molar-refractivity contribution < 1.29 is 26.4 Å². The Labute approximate surface area is 184 Å². The van der Waals surface area contributed by atoms with Crippen molar-refractivity contribution in [1.82, 2.24) is 0 Å². The van der Waals surface area contributed by atoms with E-state index in [9.17, 15) is 26.4 Å². The summed E-state index contributed by atoms with van der Waals surface area (Å²) >= 11 is 0. The molecule has 0 spiro atoms. The highest BCUT2D eigenvalue weighted by molar-refractivity contribution is 7.92. The lowest BCUT2D eigenvalue weighted by Crippen LogP contribution is -2.18. The van der Waals surface area contributed by atoms with E-state index in [2.05, 4.69) is 10.0 Å². The highest BCUT2D eigenvalue weighted by Gasteiger charge is 2.30. The van der Waals surface area contributed by atoms with E-state index in [4.69, 9.17) is 0 Å². The predicted octanol–water partition coefficient (Wildman–Crippen LogP) is 5.68. The number of anilines is 2. The zero-order chi connectivity index (χ0) is 23.7. The summed E-state index contributed by atoms with van der Waals surface area (Å²) in [5.41, 5.74) is 1.59. The van der Waals surface area contributed by atoms with Crippen molar-refractivity contribution in [3.8, 4) is 0 Å². The zero-order valence-corrected chi connectivity index (χ0v) is 18.4. The Hall–Kier alpha value is -3.33. The quantitative estimate of drug-likeness (QED) is 0.512. The van der Waals surface area contributed by atoms with Crippen molar-refractivity contribution in [1.29, 1.82) is 0 Å². The van der Waals surface area contributed by atoms with Crippen molar-refractivity contribution in [3.63, 3.8) is 0 Å². The van der Waals surface area contributed by atoms with E-state index in [0.29, 0.717) is 11.3 Å². The minimum Gasteiger partial charge on any atom is -0.322 e. The van der Waals surface area contributed by atoms with Gasteiger partial charge in [-0.3, -0.25) is 9.52 Å². The van der Waals surface area contributed by atoms with Crippen LogP contribution in [0.5, 0.6) is 0 Å². The summed E-state index contributed by atoms with van der Waals surface area (Å²) in [6.07, 6.45) is -4.55. The molecular formula is C23H21F3N2O3S. The Balaban J connectivity index is 1.89. The fourth-order valence-electron chi connectivity index (χ4n) is 3.14. The second-order valence-electron chi connectivity index (χ2n) is 7.44. The molecule has 32 heavy (non-hydrogen) atoms. The lowest BCUT2D eigenvalue weighted by atomic mass is 10.1. The minimum absolute atomic E-state index is 0.00554. The maximum atomic E-state index is 13.0. The fraction of sp³-hybridized carbons (Fsp3) is 0.174. The summed E-state index contributed by atoms with van der Waals surface area (Å²) < 4.78 is 67.2. The van der Waals surface area contributed by atoms with Gasteiger partial charge >= 0.3 is 6.18 Å². The molecule has 3 aromatic rings. The Kier molecular flexibility index (Phi) is 6.32. The molecule has 168 valence electrons. The summed E-state index contributed by atoms with van der Waals surface area (Å²) in [6.45, 7) is 5.25. The molecule has 1 amide bonds. The third-order valence-corrected chi connectivity index (χ3v) is 6.32. The Morgan fingerprint density at radius 3 is 2.25 bits per heavy atom. The molecule has 0 atom stereocenters. The van der Waals surface area contributed by atoms with Crippen LogP contribution in [0.15, 0.2) is 65.6 Å². The maximum absolute atomic E-state index is 13.0. The van der Waals surface area contributed by atoms with E-state index in [-0.39, 0.29) is 16.1 Å². The van der Waals surface area contributed by atoms with Crippen molar-refractivity contribution in [2.75, 3.05) is 10.0 Å². The van der Waals surface area contributed by atoms with Crippen LogP contribution in [0.1, 0.15) is 32.6 Å². The number of carbonyl (C=O) groups excluding carboxylic acids is 1. The van der Waals surface area contributed by atoms with Crippen LogP contribution in [0.2, 0.25) is 0 Å². The number of hydrogen-bond donors (Lipinski definition) is 2. The Morgan fingerprint density at radius 1 is 0.875 bits per heavy atom. The monoisotopic (exact) mass is 462 g/mol. The summed E-state index contributed by atoms with van der Waals surface area (Å²) in [6, 6.07) is 13.5. The minimum atomic E-state index is -4.55. The van der Waals surface area contributed by atoms with Gasteiger partial charge in [0.25, 0.3) is 15.9 Å². The third kappa shape index (κ3) is 5.28. The number of halogens is 3. The first-order chi connectivity index (χ1) is 14.9. The van der Waals surface area contributed by atoms with E-state index >= 15 is 0 Å². The first-order valence-electron chi connectivity index (χ1n) is 9.56. The lowest BCUT2D eigenvalue weighted by molar-refractivity contribution is -0.137. The molecule has 0 aliphatic rings. The molecule has 0 saturated heterocycles. The number of carbonyl (C=O) groups is 1. The van der Waals surface area contributed by atoms with E-state index < -0.39 is 27.7 Å². The number of amides is 1. The van der Waals surface area contributed by atoms with Gasteiger partial charge < -0.3 is 5.32 Å². The molecule has 3 rings (SSSR count). The Bertz CT molecular complexity index is 1290. The molecule has 0 fully saturated rings. The van der Waals surface area contributed by atoms with Crippen molar-refractivity contribution in [3.05, 3.63) is 88.5 Å². The number of hydrogen-bond acceptors (Lipinski definition) is 3. The molecule has 3 aromatic carbocycles. The second-order valence-corrected chi connectivity index (χ2v) is 9.09. The van der Waals surface area contributed by atoms with Crippen LogP contribution in [0.25, 0.3) is 0 Å². The maximum Gasteiger partial charge on any atom is 0.416 e. The summed E-state index contributed by atoms with van der Waals surface area (Å²) in [5.74, 6) is -0.729. The second kappa shape index (κ2) is 8.66. The molecule has 0 heterocycles. The van der Waals surface area contributed by atoms with E-state index in [1.807, 2.05) is 13.0 Å². The lowest BCUT2D eigenvalue weighted by Gasteiger charge is -2.14. The van der Waals surface area contributed by atoms with Crippen LogP contribution in [0.3, 0.4) is 0 Å². The van der Waals surface area contributed by atoms with Gasteiger partial charge in [-0.05, 0) is 68.3 Å². The normalized spacial score (nSPS) is 11.8. The fourth-order valence-corrected chi connectivity index (χ4v) is 4.54. The summed E-state index contributed by atoms with van der Waals surface area (Å²) in [7, 11) is -4.01. The number of sulfonamides is 1. The summed E-state index contributed by atoms with van der Waals surface area (Å²) in [5, 5.41) is 2.38. The van der Waals surface area contributed by atoms with E-state index in [1.165, 1.54) is 30.3 Å². The van der Waals surface area contributed by atoms with Crippen LogP contribution in [-0.2, 0) is 16.2 Å². The largest absolute Gasteiger partial charge is 0.416 e. The van der Waals surface area contributed by atoms with Gasteiger partial charge in [0.05, 0.1) is 16.1 Å². The van der Waals surface area contributed by atoms with Crippen LogP contribution in [0, 0.1) is 20.8 Å². The average Bonchev–Trinajstić information content (AvgIpc) is 2.70. The molecule has 0 aliphatic heterocycles.